The van der Waals surface area contributed by atoms with Crippen LogP contribution in [0.3, 0.4) is 0 Å². The highest BCUT2D eigenvalue weighted by Crippen LogP contribution is 2.38. The fraction of sp³-hybridized carbons (Fsp3) is 0.154. The Morgan fingerprint density at radius 3 is 2.62 bits per heavy atom. The number of nitrogens with zero attached hydrogens (tertiary/aromatic N) is 5. The highest BCUT2D eigenvalue weighted by atomic mass is 16.4. The van der Waals surface area contributed by atoms with Crippen molar-refractivity contribution in [3.63, 3.8) is 0 Å². The van der Waals surface area contributed by atoms with Gasteiger partial charge in [-0.15, -0.1) is 0 Å². The van der Waals surface area contributed by atoms with Crippen molar-refractivity contribution in [2.24, 2.45) is 7.05 Å². The Labute approximate surface area is 194 Å². The van der Waals surface area contributed by atoms with Crippen molar-refractivity contribution in [1.82, 2.24) is 19.5 Å². The average molecular weight is 451 g/mol. The number of fused-ring (bicyclic) bond motifs is 2. The molecule has 34 heavy (non-hydrogen) atoms. The van der Waals surface area contributed by atoms with Crippen molar-refractivity contribution in [1.29, 1.82) is 0 Å². The second-order valence-electron chi connectivity index (χ2n) is 8.28. The first kappa shape index (κ1) is 20.2. The van der Waals surface area contributed by atoms with Crippen molar-refractivity contribution in [3.8, 4) is 17.3 Å². The van der Waals surface area contributed by atoms with Crippen LogP contribution in [0.4, 0.5) is 5.95 Å². The summed E-state index contributed by atoms with van der Waals surface area (Å²) in [5, 5.41) is 10.7. The van der Waals surface area contributed by atoms with Gasteiger partial charge in [-0.05, 0) is 35.2 Å². The molecule has 3 aromatic heterocycles. The van der Waals surface area contributed by atoms with E-state index in [9.17, 15) is 9.90 Å². The van der Waals surface area contributed by atoms with Gasteiger partial charge in [0.1, 0.15) is 5.52 Å². The van der Waals surface area contributed by atoms with Gasteiger partial charge in [-0.2, -0.15) is 0 Å². The van der Waals surface area contributed by atoms with Gasteiger partial charge in [-0.1, -0.05) is 54.6 Å². The van der Waals surface area contributed by atoms with Crippen LogP contribution in [0, 0.1) is 0 Å². The highest BCUT2D eigenvalue weighted by Gasteiger charge is 2.32. The van der Waals surface area contributed by atoms with E-state index in [0.717, 1.165) is 17.5 Å². The SMILES string of the molecule is Cn1c(N2CCc3ccccc3C2c2ccccc2)nc(-c2nc3cccnc3o2)c(O)c1=O. The Morgan fingerprint density at radius 1 is 1.00 bits per heavy atom. The first-order chi connectivity index (χ1) is 16.6. The number of rotatable bonds is 3. The predicted octanol–water partition coefficient (Wildman–Crippen LogP) is 3.84. The van der Waals surface area contributed by atoms with Crippen molar-refractivity contribution < 1.29 is 9.52 Å². The third-order valence-corrected chi connectivity index (χ3v) is 6.27. The topological polar surface area (TPSA) is 97.3 Å². The average Bonchev–Trinajstić information content (AvgIpc) is 3.31. The van der Waals surface area contributed by atoms with E-state index in [0.29, 0.717) is 23.7 Å². The lowest BCUT2D eigenvalue weighted by Crippen LogP contribution is -2.40. The van der Waals surface area contributed by atoms with Crippen LogP contribution in [-0.4, -0.2) is 31.2 Å². The summed E-state index contributed by atoms with van der Waals surface area (Å²) in [6.45, 7) is 0.649. The molecular weight excluding hydrogens is 430 g/mol. The summed E-state index contributed by atoms with van der Waals surface area (Å²) >= 11 is 0. The van der Waals surface area contributed by atoms with Gasteiger partial charge < -0.3 is 14.4 Å². The molecule has 1 aliphatic heterocycles. The normalized spacial score (nSPS) is 15.4. The third kappa shape index (κ3) is 3.14. The van der Waals surface area contributed by atoms with E-state index in [1.54, 1.807) is 25.4 Å². The molecule has 6 rings (SSSR count). The second-order valence-corrected chi connectivity index (χ2v) is 8.28. The molecule has 1 N–H and O–H groups in total. The maximum atomic E-state index is 13.1. The van der Waals surface area contributed by atoms with Gasteiger partial charge in [0.05, 0.1) is 6.04 Å². The molecule has 0 aliphatic carbocycles. The van der Waals surface area contributed by atoms with Gasteiger partial charge in [0.25, 0.3) is 11.4 Å². The van der Waals surface area contributed by atoms with Gasteiger partial charge in [-0.25, -0.2) is 15.0 Å². The fourth-order valence-corrected chi connectivity index (χ4v) is 4.63. The van der Waals surface area contributed by atoms with E-state index in [1.165, 1.54) is 10.1 Å². The van der Waals surface area contributed by atoms with E-state index in [-0.39, 0.29) is 17.6 Å². The van der Waals surface area contributed by atoms with E-state index in [1.807, 2.05) is 30.3 Å². The molecule has 1 aliphatic rings. The second kappa shape index (κ2) is 7.84. The summed E-state index contributed by atoms with van der Waals surface area (Å²) in [5.74, 6) is -0.0262. The van der Waals surface area contributed by atoms with E-state index >= 15 is 0 Å². The number of aromatic hydroxyl groups is 1. The van der Waals surface area contributed by atoms with E-state index in [2.05, 4.69) is 39.1 Å². The summed E-state index contributed by atoms with van der Waals surface area (Å²) in [5.41, 5.74) is 3.79. The summed E-state index contributed by atoms with van der Waals surface area (Å²) in [6, 6.07) is 21.8. The standard InChI is InChI=1S/C26H21N5O3/c1-30-25(33)22(32)20(24-28-19-12-7-14-27-23(19)34-24)29-26(30)31-15-13-16-8-5-6-11-18(16)21(31)17-9-3-2-4-10-17/h2-12,14,21,32H,13,15H2,1H3. The molecule has 0 saturated carbocycles. The van der Waals surface area contributed by atoms with Crippen molar-refractivity contribution in [2.45, 2.75) is 12.5 Å². The highest BCUT2D eigenvalue weighted by molar-refractivity contribution is 5.73. The van der Waals surface area contributed by atoms with Crippen LogP contribution in [0.25, 0.3) is 22.8 Å². The lowest BCUT2D eigenvalue weighted by atomic mass is 9.88. The Balaban J connectivity index is 1.55. The fourth-order valence-electron chi connectivity index (χ4n) is 4.63. The molecule has 0 spiro atoms. The minimum absolute atomic E-state index is 0.00164. The number of hydrogen-bond donors (Lipinski definition) is 1. The Kier molecular flexibility index (Phi) is 4.65. The summed E-state index contributed by atoms with van der Waals surface area (Å²) in [7, 11) is 1.62. The molecule has 2 aromatic carbocycles. The predicted molar refractivity (Wildman–Crippen MR) is 128 cm³/mol. The Hall–Kier alpha value is -4.46. The number of benzene rings is 2. The molecule has 0 bridgehead atoms. The first-order valence-corrected chi connectivity index (χ1v) is 11.0. The molecule has 168 valence electrons. The molecule has 5 aromatic rings. The number of anilines is 1. The maximum Gasteiger partial charge on any atom is 0.297 e. The number of pyridine rings is 1. The molecular formula is C26H21N5O3. The van der Waals surface area contributed by atoms with Crippen LogP contribution < -0.4 is 10.5 Å². The summed E-state index contributed by atoms with van der Waals surface area (Å²) in [6.07, 6.45) is 2.40. The monoisotopic (exact) mass is 451 g/mol. The van der Waals surface area contributed by atoms with Crippen LogP contribution in [0.1, 0.15) is 22.7 Å². The maximum absolute atomic E-state index is 13.1. The van der Waals surface area contributed by atoms with Gasteiger partial charge >= 0.3 is 0 Å². The van der Waals surface area contributed by atoms with Crippen LogP contribution in [-0.2, 0) is 13.5 Å². The Bertz CT molecular complexity index is 1540. The quantitative estimate of drug-likeness (QED) is 0.445. The van der Waals surface area contributed by atoms with Crippen molar-refractivity contribution >= 4 is 17.2 Å². The van der Waals surface area contributed by atoms with Crippen LogP contribution in [0.5, 0.6) is 5.75 Å². The van der Waals surface area contributed by atoms with Gasteiger partial charge in [0.2, 0.25) is 17.4 Å². The molecule has 1 unspecified atom stereocenters. The molecule has 0 amide bonds. The molecule has 0 saturated heterocycles. The van der Waals surface area contributed by atoms with Crippen LogP contribution in [0.2, 0.25) is 0 Å². The Morgan fingerprint density at radius 2 is 1.79 bits per heavy atom. The van der Waals surface area contributed by atoms with Gasteiger partial charge in [0.15, 0.2) is 5.69 Å². The van der Waals surface area contributed by atoms with Crippen LogP contribution >= 0.6 is 0 Å². The number of oxazole rings is 1. The lowest BCUT2D eigenvalue weighted by molar-refractivity contribution is 0.454. The van der Waals surface area contributed by atoms with E-state index < -0.39 is 11.3 Å². The number of aromatic nitrogens is 4. The van der Waals surface area contributed by atoms with E-state index in [4.69, 9.17) is 9.40 Å². The molecule has 1 atom stereocenters. The minimum atomic E-state index is -0.569. The van der Waals surface area contributed by atoms with Crippen molar-refractivity contribution in [3.05, 3.63) is 100.0 Å². The summed E-state index contributed by atoms with van der Waals surface area (Å²) < 4.78 is 7.11. The molecule has 0 fully saturated rings. The largest absolute Gasteiger partial charge is 0.501 e. The minimum Gasteiger partial charge on any atom is -0.501 e. The molecule has 4 heterocycles. The first-order valence-electron chi connectivity index (χ1n) is 11.0. The van der Waals surface area contributed by atoms with Crippen molar-refractivity contribution in [2.75, 3.05) is 11.4 Å². The zero-order chi connectivity index (χ0) is 23.2. The molecule has 8 heteroatoms. The smallest absolute Gasteiger partial charge is 0.297 e. The van der Waals surface area contributed by atoms with Gasteiger partial charge in [0, 0.05) is 19.8 Å². The number of hydrogen-bond acceptors (Lipinski definition) is 7. The third-order valence-electron chi connectivity index (χ3n) is 6.27. The zero-order valence-corrected chi connectivity index (χ0v) is 18.4. The molecule has 0 radical (unpaired) electrons. The lowest BCUT2D eigenvalue weighted by Gasteiger charge is -2.39. The van der Waals surface area contributed by atoms with Crippen LogP contribution in [0.15, 0.2) is 82.1 Å². The van der Waals surface area contributed by atoms with Gasteiger partial charge in [-0.3, -0.25) is 9.36 Å². The zero-order valence-electron chi connectivity index (χ0n) is 18.4. The summed E-state index contributed by atoms with van der Waals surface area (Å²) in [4.78, 5) is 28.5. The molecule has 8 nitrogen and oxygen atoms in total.